The average Bonchev–Trinajstić information content (AvgIpc) is 2.51. The topological polar surface area (TPSA) is 57.5 Å². The van der Waals surface area contributed by atoms with Crippen molar-refractivity contribution in [3.63, 3.8) is 0 Å². The van der Waals surface area contributed by atoms with Crippen LogP contribution in [0.1, 0.15) is 59.8 Å². The number of hydrogen-bond acceptors (Lipinski definition) is 3. The lowest BCUT2D eigenvalue weighted by atomic mass is 9.42. The molecule has 0 aliphatic heterocycles. The van der Waals surface area contributed by atoms with Gasteiger partial charge in [-0.15, -0.1) is 6.58 Å². The number of carbonyl (C=O) groups is 1. The Morgan fingerprint density at radius 1 is 1.26 bits per heavy atom. The molecule has 3 aliphatic rings. The van der Waals surface area contributed by atoms with Crippen molar-refractivity contribution in [3.8, 4) is 0 Å². The summed E-state index contributed by atoms with van der Waals surface area (Å²) in [5, 5.41) is 21.1. The van der Waals surface area contributed by atoms with Crippen LogP contribution in [0.15, 0.2) is 24.0 Å². The van der Waals surface area contributed by atoms with Gasteiger partial charge in [0.2, 0.25) is 0 Å². The lowest BCUT2D eigenvalue weighted by Crippen LogP contribution is -2.60. The predicted octanol–water partition coefficient (Wildman–Crippen LogP) is 4.18. The molecular weight excluding hydrogens is 288 g/mol. The molecule has 6 atom stereocenters. The molecule has 3 heteroatoms. The third-order valence-corrected chi connectivity index (χ3v) is 7.91. The lowest BCUT2D eigenvalue weighted by Gasteiger charge is -2.63. The maximum Gasteiger partial charge on any atom is 0.197 e. The van der Waals surface area contributed by atoms with Crippen molar-refractivity contribution in [3.05, 3.63) is 24.0 Å². The number of aliphatic hydroxyl groups excluding tert-OH is 2. The highest BCUT2D eigenvalue weighted by Gasteiger charge is 2.62. The van der Waals surface area contributed by atoms with Gasteiger partial charge in [0.1, 0.15) is 0 Å². The Morgan fingerprint density at radius 2 is 1.91 bits per heavy atom. The van der Waals surface area contributed by atoms with Crippen molar-refractivity contribution in [1.82, 2.24) is 0 Å². The molecule has 0 aromatic heterocycles. The molecule has 3 rings (SSSR count). The summed E-state index contributed by atoms with van der Waals surface area (Å²) in [5.74, 6) is 0.224. The van der Waals surface area contributed by atoms with E-state index in [2.05, 4.69) is 26.5 Å². The first-order chi connectivity index (χ1) is 10.6. The van der Waals surface area contributed by atoms with E-state index in [4.69, 9.17) is 0 Å². The van der Waals surface area contributed by atoms with E-state index in [0.717, 1.165) is 25.7 Å². The summed E-state index contributed by atoms with van der Waals surface area (Å²) in [4.78, 5) is 12.3. The molecule has 0 bridgehead atoms. The van der Waals surface area contributed by atoms with Crippen LogP contribution < -0.4 is 0 Å². The Hall–Kier alpha value is -1.09. The van der Waals surface area contributed by atoms with Gasteiger partial charge in [0.25, 0.3) is 0 Å². The second-order valence-electron chi connectivity index (χ2n) is 8.95. The Morgan fingerprint density at radius 3 is 2.52 bits per heavy atom. The Kier molecular flexibility index (Phi) is 3.61. The Bertz CT molecular complexity index is 592. The van der Waals surface area contributed by atoms with Gasteiger partial charge in [-0.05, 0) is 60.8 Å². The van der Waals surface area contributed by atoms with Gasteiger partial charge in [-0.3, -0.25) is 4.79 Å². The van der Waals surface area contributed by atoms with Crippen LogP contribution in [0, 0.1) is 28.1 Å². The van der Waals surface area contributed by atoms with E-state index in [1.54, 1.807) is 0 Å². The van der Waals surface area contributed by atoms with Crippen molar-refractivity contribution in [2.75, 3.05) is 0 Å². The van der Waals surface area contributed by atoms with E-state index in [-0.39, 0.29) is 28.3 Å². The number of Topliss-reactive ketones (excluding diaryl/α,β-unsaturated/α-hetero) is 1. The average molecular weight is 318 g/mol. The fraction of sp³-hybridized carbons (Fsp3) is 0.750. The van der Waals surface area contributed by atoms with E-state index in [1.165, 1.54) is 0 Å². The first kappa shape index (κ1) is 16.8. The van der Waals surface area contributed by atoms with Crippen molar-refractivity contribution >= 4 is 5.78 Å². The quantitative estimate of drug-likeness (QED) is 0.713. The van der Waals surface area contributed by atoms with Gasteiger partial charge < -0.3 is 10.2 Å². The zero-order valence-electron chi connectivity index (χ0n) is 14.9. The molecule has 23 heavy (non-hydrogen) atoms. The highest BCUT2D eigenvalue weighted by Crippen LogP contribution is 2.66. The second-order valence-corrected chi connectivity index (χ2v) is 8.95. The Balaban J connectivity index is 2.07. The molecule has 0 radical (unpaired) electrons. The van der Waals surface area contributed by atoms with Gasteiger partial charge in [0.15, 0.2) is 11.5 Å². The highest BCUT2D eigenvalue weighted by molar-refractivity contribution is 5.95. The van der Waals surface area contributed by atoms with Gasteiger partial charge in [-0.2, -0.15) is 0 Å². The Labute approximate surface area is 139 Å². The summed E-state index contributed by atoms with van der Waals surface area (Å²) in [7, 11) is 0. The number of fused-ring (bicyclic) bond motifs is 3. The van der Waals surface area contributed by atoms with Crippen LogP contribution in [-0.2, 0) is 4.79 Å². The molecule has 0 unspecified atom stereocenters. The third kappa shape index (κ3) is 2.08. The highest BCUT2D eigenvalue weighted by atomic mass is 16.3. The molecular formula is C20H30O3. The molecule has 0 saturated heterocycles. The number of ketones is 1. The molecule has 0 aromatic rings. The molecule has 3 nitrogen and oxygen atoms in total. The minimum Gasteiger partial charge on any atom is -0.504 e. The summed E-state index contributed by atoms with van der Waals surface area (Å²) < 4.78 is 0. The van der Waals surface area contributed by atoms with Crippen LogP contribution in [0.4, 0.5) is 0 Å². The summed E-state index contributed by atoms with van der Waals surface area (Å²) >= 11 is 0. The minimum atomic E-state index is -0.506. The molecule has 128 valence electrons. The van der Waals surface area contributed by atoms with Crippen molar-refractivity contribution in [2.45, 2.75) is 65.9 Å². The van der Waals surface area contributed by atoms with Crippen molar-refractivity contribution in [2.24, 2.45) is 28.1 Å². The van der Waals surface area contributed by atoms with Crippen LogP contribution in [0.3, 0.4) is 0 Å². The lowest BCUT2D eigenvalue weighted by molar-refractivity contribution is -0.161. The van der Waals surface area contributed by atoms with E-state index < -0.39 is 11.5 Å². The molecule has 0 aromatic carbocycles. The number of carbonyl (C=O) groups excluding carboxylic acids is 1. The summed E-state index contributed by atoms with van der Waals surface area (Å²) in [6.07, 6.45) is 5.81. The van der Waals surface area contributed by atoms with Gasteiger partial charge in [-0.25, -0.2) is 0 Å². The van der Waals surface area contributed by atoms with Crippen LogP contribution in [0.25, 0.3) is 0 Å². The van der Waals surface area contributed by atoms with E-state index >= 15 is 0 Å². The zero-order chi connectivity index (χ0) is 17.2. The van der Waals surface area contributed by atoms with Crippen molar-refractivity contribution in [1.29, 1.82) is 0 Å². The number of hydrogen-bond donors (Lipinski definition) is 2. The SMILES string of the molecule is C=C[C@@]1(C)CC[C@@]2(C)[C@@H](C[C@@H](O)[C@]3(C)C(C)=C(O)C(=O)C[C@H]23)C1. The summed E-state index contributed by atoms with van der Waals surface area (Å²) in [6.45, 7) is 12.4. The van der Waals surface area contributed by atoms with E-state index in [9.17, 15) is 15.0 Å². The molecule has 0 spiro atoms. The van der Waals surface area contributed by atoms with Crippen LogP contribution in [-0.4, -0.2) is 22.1 Å². The summed E-state index contributed by atoms with van der Waals surface area (Å²) in [6, 6.07) is 0. The maximum atomic E-state index is 12.3. The maximum absolute atomic E-state index is 12.3. The molecule has 0 amide bonds. The first-order valence-corrected chi connectivity index (χ1v) is 8.83. The van der Waals surface area contributed by atoms with Gasteiger partial charge in [0, 0.05) is 11.8 Å². The predicted molar refractivity (Wildman–Crippen MR) is 90.9 cm³/mol. The van der Waals surface area contributed by atoms with Crippen LogP contribution in [0.5, 0.6) is 0 Å². The van der Waals surface area contributed by atoms with Crippen LogP contribution in [0.2, 0.25) is 0 Å². The fourth-order valence-electron chi connectivity index (χ4n) is 5.79. The molecule has 3 aliphatic carbocycles. The van der Waals surface area contributed by atoms with Gasteiger partial charge in [-0.1, -0.05) is 26.8 Å². The number of allylic oxidation sites excluding steroid dienone is 2. The zero-order valence-corrected chi connectivity index (χ0v) is 14.9. The second kappa shape index (κ2) is 4.95. The van der Waals surface area contributed by atoms with E-state index in [0.29, 0.717) is 17.9 Å². The molecule has 0 heterocycles. The van der Waals surface area contributed by atoms with Crippen LogP contribution >= 0.6 is 0 Å². The summed E-state index contributed by atoms with van der Waals surface area (Å²) in [5.41, 5.74) is 0.353. The number of rotatable bonds is 1. The molecule has 2 N–H and O–H groups in total. The normalized spacial score (nSPS) is 50.3. The monoisotopic (exact) mass is 318 g/mol. The molecule has 2 saturated carbocycles. The fourth-order valence-corrected chi connectivity index (χ4v) is 5.79. The smallest absolute Gasteiger partial charge is 0.197 e. The standard InChI is InChI=1S/C20H30O3/c1-6-18(3)7-8-19(4)13(11-18)9-16(22)20(5)12(2)17(23)14(21)10-15(19)20/h6,13,15-16,22-23H,1,7-11H2,2-5H3/t13-,15+,16+,18-,19-,20+/m0/s1. The van der Waals surface area contributed by atoms with Gasteiger partial charge in [0.05, 0.1) is 6.10 Å². The van der Waals surface area contributed by atoms with Crippen molar-refractivity contribution < 1.29 is 15.0 Å². The van der Waals surface area contributed by atoms with E-state index in [1.807, 2.05) is 13.8 Å². The first-order valence-electron chi connectivity index (χ1n) is 8.83. The third-order valence-electron chi connectivity index (χ3n) is 7.91. The number of aliphatic hydroxyl groups is 2. The minimum absolute atomic E-state index is 0.0358. The molecule has 2 fully saturated rings. The largest absolute Gasteiger partial charge is 0.504 e. The van der Waals surface area contributed by atoms with Gasteiger partial charge >= 0.3 is 0 Å².